The van der Waals surface area contributed by atoms with Crippen molar-refractivity contribution < 1.29 is 0 Å². The Morgan fingerprint density at radius 3 is 2.09 bits per heavy atom. The molecule has 0 aromatic carbocycles. The summed E-state index contributed by atoms with van der Waals surface area (Å²) in [4.78, 5) is 8.32. The van der Waals surface area contributed by atoms with E-state index in [1.807, 2.05) is 0 Å². The summed E-state index contributed by atoms with van der Waals surface area (Å²) in [6.45, 7) is 15.4. The Kier molecular flexibility index (Phi) is 4.25. The van der Waals surface area contributed by atoms with Crippen LogP contribution in [0.2, 0.25) is 0 Å². The molecule has 3 nitrogen and oxygen atoms in total. The third-order valence-corrected chi connectivity index (χ3v) is 7.10. The van der Waals surface area contributed by atoms with E-state index in [-0.39, 0.29) is 0 Å². The predicted octanol–water partition coefficient (Wildman–Crippen LogP) is 2.52. The van der Waals surface area contributed by atoms with Crippen LogP contribution in [-0.4, -0.2) is 72.1 Å². The second-order valence-corrected chi connectivity index (χ2v) is 9.04. The van der Waals surface area contributed by atoms with Gasteiger partial charge in [0.2, 0.25) is 0 Å². The maximum absolute atomic E-state index is 2.82. The van der Waals surface area contributed by atoms with Crippen LogP contribution in [0.1, 0.15) is 46.5 Å². The van der Waals surface area contributed by atoms with Crippen molar-refractivity contribution in [3.8, 4) is 0 Å². The molecule has 4 aliphatic rings. The molecule has 0 bridgehead atoms. The number of fused-ring (bicyclic) bond motifs is 1. The standard InChI is InChI=1S/C19H35N3/c1-14(2)21-10-16-7-18(8-17(16)11-21)22-12-19(13-22)20-6-4-5-15(3)9-20/h14-19H,4-13H2,1-3H3. The minimum Gasteiger partial charge on any atom is -0.300 e. The van der Waals surface area contributed by atoms with E-state index in [1.165, 1.54) is 65.0 Å². The van der Waals surface area contributed by atoms with E-state index in [0.29, 0.717) is 0 Å². The van der Waals surface area contributed by atoms with Crippen molar-refractivity contribution >= 4 is 0 Å². The van der Waals surface area contributed by atoms with Gasteiger partial charge >= 0.3 is 0 Å². The molecule has 0 radical (unpaired) electrons. The third kappa shape index (κ3) is 2.85. The number of hydrogen-bond acceptors (Lipinski definition) is 3. The monoisotopic (exact) mass is 305 g/mol. The molecule has 4 fully saturated rings. The van der Waals surface area contributed by atoms with Gasteiger partial charge in [-0.25, -0.2) is 0 Å². The van der Waals surface area contributed by atoms with E-state index in [1.54, 1.807) is 0 Å². The molecule has 0 aromatic heterocycles. The maximum atomic E-state index is 2.82. The summed E-state index contributed by atoms with van der Waals surface area (Å²) in [5.41, 5.74) is 0. The van der Waals surface area contributed by atoms with Gasteiger partial charge < -0.3 is 4.90 Å². The lowest BCUT2D eigenvalue weighted by molar-refractivity contribution is -0.0129. The summed E-state index contributed by atoms with van der Waals surface area (Å²) in [5.74, 6) is 2.93. The third-order valence-electron chi connectivity index (χ3n) is 7.10. The minimum absolute atomic E-state index is 0.749. The number of nitrogens with zero attached hydrogens (tertiary/aromatic N) is 3. The Morgan fingerprint density at radius 1 is 0.818 bits per heavy atom. The van der Waals surface area contributed by atoms with Gasteiger partial charge in [0.05, 0.1) is 0 Å². The Hall–Kier alpha value is -0.120. The van der Waals surface area contributed by atoms with Gasteiger partial charge in [0.15, 0.2) is 0 Å². The summed E-state index contributed by atoms with van der Waals surface area (Å²) < 4.78 is 0. The van der Waals surface area contributed by atoms with Crippen LogP contribution in [0, 0.1) is 17.8 Å². The maximum Gasteiger partial charge on any atom is 0.0350 e. The lowest BCUT2D eigenvalue weighted by atomic mass is 9.95. The zero-order chi connectivity index (χ0) is 15.3. The molecular formula is C19H35N3. The molecule has 3 unspecified atom stereocenters. The number of piperidine rings is 1. The lowest BCUT2D eigenvalue weighted by Gasteiger charge is -2.50. The van der Waals surface area contributed by atoms with Crippen LogP contribution >= 0.6 is 0 Å². The smallest absolute Gasteiger partial charge is 0.0350 e. The van der Waals surface area contributed by atoms with Crippen LogP contribution in [0.5, 0.6) is 0 Å². The average molecular weight is 306 g/mol. The van der Waals surface area contributed by atoms with Crippen molar-refractivity contribution in [1.82, 2.24) is 14.7 Å². The molecule has 3 heterocycles. The molecule has 1 aliphatic carbocycles. The van der Waals surface area contributed by atoms with Gasteiger partial charge in [0.1, 0.15) is 0 Å². The van der Waals surface area contributed by atoms with Gasteiger partial charge in [-0.2, -0.15) is 0 Å². The summed E-state index contributed by atoms with van der Waals surface area (Å²) >= 11 is 0. The van der Waals surface area contributed by atoms with Crippen molar-refractivity contribution in [2.24, 2.45) is 17.8 Å². The van der Waals surface area contributed by atoms with Crippen molar-refractivity contribution in [2.75, 3.05) is 39.3 Å². The zero-order valence-corrected chi connectivity index (χ0v) is 14.9. The summed E-state index contributed by atoms with van der Waals surface area (Å²) in [7, 11) is 0. The predicted molar refractivity (Wildman–Crippen MR) is 92.0 cm³/mol. The average Bonchev–Trinajstić information content (AvgIpc) is 2.95. The molecule has 0 aromatic rings. The zero-order valence-electron chi connectivity index (χ0n) is 14.9. The molecule has 22 heavy (non-hydrogen) atoms. The molecule has 0 spiro atoms. The number of rotatable bonds is 3. The van der Waals surface area contributed by atoms with E-state index >= 15 is 0 Å². The molecule has 4 rings (SSSR count). The highest BCUT2D eigenvalue weighted by molar-refractivity contribution is 5.01. The lowest BCUT2D eigenvalue weighted by Crippen LogP contribution is -2.63. The van der Waals surface area contributed by atoms with Gasteiger partial charge in [-0.1, -0.05) is 6.92 Å². The van der Waals surface area contributed by atoms with Crippen molar-refractivity contribution in [3.05, 3.63) is 0 Å². The molecule has 3 aliphatic heterocycles. The van der Waals surface area contributed by atoms with Crippen molar-refractivity contribution in [1.29, 1.82) is 0 Å². The topological polar surface area (TPSA) is 9.72 Å². The second kappa shape index (κ2) is 6.07. The minimum atomic E-state index is 0.749. The van der Waals surface area contributed by atoms with Gasteiger partial charge in [-0.3, -0.25) is 9.80 Å². The van der Waals surface area contributed by atoms with Gasteiger partial charge in [-0.05, 0) is 63.8 Å². The fraction of sp³-hybridized carbons (Fsp3) is 1.00. The Labute approximate surface area is 137 Å². The molecule has 0 amide bonds. The van der Waals surface area contributed by atoms with E-state index < -0.39 is 0 Å². The molecule has 3 saturated heterocycles. The van der Waals surface area contributed by atoms with Crippen LogP contribution in [0.25, 0.3) is 0 Å². The van der Waals surface area contributed by atoms with E-state index in [0.717, 1.165) is 35.9 Å². The van der Waals surface area contributed by atoms with Crippen molar-refractivity contribution in [2.45, 2.75) is 64.6 Å². The van der Waals surface area contributed by atoms with Crippen LogP contribution in [-0.2, 0) is 0 Å². The molecule has 126 valence electrons. The van der Waals surface area contributed by atoms with Crippen LogP contribution in [0.4, 0.5) is 0 Å². The Bertz CT molecular complexity index is 376. The fourth-order valence-corrected chi connectivity index (χ4v) is 5.60. The normalized spacial score (nSPS) is 42.0. The fourth-order valence-electron chi connectivity index (χ4n) is 5.60. The Balaban J connectivity index is 1.24. The first-order valence-corrected chi connectivity index (χ1v) is 9.82. The van der Waals surface area contributed by atoms with Crippen molar-refractivity contribution in [3.63, 3.8) is 0 Å². The van der Waals surface area contributed by atoms with Crippen LogP contribution < -0.4 is 0 Å². The summed E-state index contributed by atoms with van der Waals surface area (Å²) in [6.07, 6.45) is 5.84. The first-order valence-electron chi connectivity index (χ1n) is 9.82. The van der Waals surface area contributed by atoms with Crippen LogP contribution in [0.3, 0.4) is 0 Å². The number of likely N-dealkylation sites (tertiary alicyclic amines) is 3. The second-order valence-electron chi connectivity index (χ2n) is 9.04. The molecular weight excluding hydrogens is 270 g/mol. The largest absolute Gasteiger partial charge is 0.300 e. The van der Waals surface area contributed by atoms with E-state index in [4.69, 9.17) is 0 Å². The molecule has 1 saturated carbocycles. The van der Waals surface area contributed by atoms with E-state index in [2.05, 4.69) is 35.5 Å². The molecule has 3 atom stereocenters. The summed E-state index contributed by atoms with van der Waals surface area (Å²) in [5, 5.41) is 0. The van der Waals surface area contributed by atoms with E-state index in [9.17, 15) is 0 Å². The van der Waals surface area contributed by atoms with Crippen LogP contribution in [0.15, 0.2) is 0 Å². The number of hydrogen-bond donors (Lipinski definition) is 0. The first-order chi connectivity index (χ1) is 10.6. The summed E-state index contributed by atoms with van der Waals surface area (Å²) in [6, 6.07) is 2.55. The van der Waals surface area contributed by atoms with Gasteiger partial charge in [-0.15, -0.1) is 0 Å². The highest BCUT2D eigenvalue weighted by Gasteiger charge is 2.46. The molecule has 3 heteroatoms. The quantitative estimate of drug-likeness (QED) is 0.793. The highest BCUT2D eigenvalue weighted by atomic mass is 15.3. The first kappa shape index (κ1) is 15.4. The SMILES string of the molecule is CC1CCCN(C2CN(C3CC4CN(C(C)C)CC4C3)C2)C1. The highest BCUT2D eigenvalue weighted by Crippen LogP contribution is 2.42. The molecule has 0 N–H and O–H groups in total. The Morgan fingerprint density at radius 2 is 1.50 bits per heavy atom. The van der Waals surface area contributed by atoms with Gasteiger partial charge in [0.25, 0.3) is 0 Å². The van der Waals surface area contributed by atoms with Gasteiger partial charge in [0, 0.05) is 50.8 Å².